The summed E-state index contributed by atoms with van der Waals surface area (Å²) in [5.74, 6) is 0.316. The largest absolute Gasteiger partial charge is 0.507 e. The molecule has 1 amide bonds. The van der Waals surface area contributed by atoms with Crippen molar-refractivity contribution in [1.82, 2.24) is 9.80 Å². The van der Waals surface area contributed by atoms with Gasteiger partial charge in [-0.25, -0.2) is 0 Å². The number of amides is 1. The maximum absolute atomic E-state index is 13.6. The Morgan fingerprint density at radius 3 is 2.47 bits per heavy atom. The maximum atomic E-state index is 13.6. The molecule has 1 saturated heterocycles. The van der Waals surface area contributed by atoms with Crippen molar-refractivity contribution in [1.29, 1.82) is 0 Å². The highest BCUT2D eigenvalue weighted by Gasteiger charge is 2.46. The molecule has 0 aromatic heterocycles. The SMILES string of the molecule is CCOc1cc([C@H]2C(=C(O)c3ccc4c(c3)C[C@@H](C)O4)C(=O)C(=O)N2CCN(CC)CC)ccc1OCc1ccccc1. The van der Waals surface area contributed by atoms with Crippen molar-refractivity contribution in [2.24, 2.45) is 0 Å². The smallest absolute Gasteiger partial charge is 0.295 e. The van der Waals surface area contributed by atoms with Gasteiger partial charge in [0.05, 0.1) is 18.2 Å². The molecule has 43 heavy (non-hydrogen) atoms. The number of aliphatic hydroxyl groups is 1. The van der Waals surface area contributed by atoms with Gasteiger partial charge < -0.3 is 29.1 Å². The molecule has 0 bridgehead atoms. The van der Waals surface area contributed by atoms with Gasteiger partial charge in [0, 0.05) is 25.1 Å². The van der Waals surface area contributed by atoms with Crippen LogP contribution in [-0.4, -0.2) is 65.5 Å². The Morgan fingerprint density at radius 2 is 1.74 bits per heavy atom. The minimum absolute atomic E-state index is 0.0395. The molecule has 2 atom stereocenters. The Labute approximate surface area is 253 Å². The summed E-state index contributed by atoms with van der Waals surface area (Å²) in [6, 6.07) is 19.9. The fourth-order valence-corrected chi connectivity index (χ4v) is 5.79. The van der Waals surface area contributed by atoms with Gasteiger partial charge in [0.2, 0.25) is 0 Å². The summed E-state index contributed by atoms with van der Waals surface area (Å²) in [7, 11) is 0. The van der Waals surface area contributed by atoms with E-state index in [1.54, 1.807) is 11.0 Å². The maximum Gasteiger partial charge on any atom is 0.295 e. The topological polar surface area (TPSA) is 88.5 Å². The van der Waals surface area contributed by atoms with Gasteiger partial charge in [-0.05, 0) is 74.0 Å². The summed E-state index contributed by atoms with van der Waals surface area (Å²) >= 11 is 0. The number of rotatable bonds is 12. The van der Waals surface area contributed by atoms with Crippen molar-refractivity contribution in [2.75, 3.05) is 32.8 Å². The van der Waals surface area contributed by atoms with Gasteiger partial charge in [0.1, 0.15) is 24.2 Å². The number of fused-ring (bicyclic) bond motifs is 1. The highest BCUT2D eigenvalue weighted by molar-refractivity contribution is 6.46. The van der Waals surface area contributed by atoms with E-state index in [4.69, 9.17) is 14.2 Å². The number of hydrogen-bond donors (Lipinski definition) is 1. The van der Waals surface area contributed by atoms with E-state index in [1.165, 1.54) is 0 Å². The van der Waals surface area contributed by atoms with E-state index in [0.717, 1.165) is 30.0 Å². The molecule has 0 aliphatic carbocycles. The quantitative estimate of drug-likeness (QED) is 0.165. The van der Waals surface area contributed by atoms with Gasteiger partial charge in [-0.2, -0.15) is 0 Å². The first-order valence-electron chi connectivity index (χ1n) is 15.1. The molecule has 3 aromatic rings. The van der Waals surface area contributed by atoms with Crippen LogP contribution in [-0.2, 0) is 22.6 Å². The molecule has 3 aromatic carbocycles. The molecule has 0 saturated carbocycles. The zero-order valence-electron chi connectivity index (χ0n) is 25.3. The van der Waals surface area contributed by atoms with Gasteiger partial charge >= 0.3 is 0 Å². The summed E-state index contributed by atoms with van der Waals surface area (Å²) in [5, 5.41) is 11.6. The van der Waals surface area contributed by atoms with Crippen LogP contribution in [0, 0.1) is 0 Å². The first-order chi connectivity index (χ1) is 20.8. The van der Waals surface area contributed by atoms with Crippen LogP contribution in [0.3, 0.4) is 0 Å². The molecule has 0 radical (unpaired) electrons. The van der Waals surface area contributed by atoms with E-state index in [1.807, 2.05) is 74.5 Å². The van der Waals surface area contributed by atoms with Gasteiger partial charge in [-0.3, -0.25) is 9.59 Å². The zero-order valence-corrected chi connectivity index (χ0v) is 25.3. The Bertz CT molecular complexity index is 1500. The minimum Gasteiger partial charge on any atom is -0.507 e. The predicted molar refractivity (Wildman–Crippen MR) is 165 cm³/mol. The van der Waals surface area contributed by atoms with Crippen LogP contribution in [0.1, 0.15) is 56.0 Å². The fraction of sp³-hybridized carbons (Fsp3) is 0.371. The molecule has 2 heterocycles. The molecule has 0 unspecified atom stereocenters. The van der Waals surface area contributed by atoms with Crippen LogP contribution in [0.15, 0.2) is 72.3 Å². The van der Waals surface area contributed by atoms with Crippen LogP contribution in [0.5, 0.6) is 17.2 Å². The Kier molecular flexibility index (Phi) is 9.36. The number of likely N-dealkylation sites (tertiary alicyclic amines) is 1. The van der Waals surface area contributed by atoms with E-state index < -0.39 is 17.7 Å². The van der Waals surface area contributed by atoms with Gasteiger partial charge in [0.25, 0.3) is 11.7 Å². The summed E-state index contributed by atoms with van der Waals surface area (Å²) < 4.78 is 17.9. The normalized spacial score (nSPS) is 19.0. The monoisotopic (exact) mass is 584 g/mol. The summed E-state index contributed by atoms with van der Waals surface area (Å²) in [6.07, 6.45) is 0.748. The van der Waals surface area contributed by atoms with Gasteiger partial charge in [0.15, 0.2) is 11.5 Å². The van der Waals surface area contributed by atoms with E-state index >= 15 is 0 Å². The number of carbonyl (C=O) groups excluding carboxylic acids is 2. The minimum atomic E-state index is -0.790. The lowest BCUT2D eigenvalue weighted by molar-refractivity contribution is -0.140. The number of nitrogens with zero attached hydrogens (tertiary/aromatic N) is 2. The number of benzene rings is 3. The second-order valence-corrected chi connectivity index (χ2v) is 10.9. The zero-order chi connectivity index (χ0) is 30.5. The lowest BCUT2D eigenvalue weighted by Gasteiger charge is -2.28. The number of Topliss-reactive ketones (excluding diaryl/α,β-unsaturated/α-hetero) is 1. The van der Waals surface area contributed by atoms with Crippen LogP contribution in [0.2, 0.25) is 0 Å². The molecule has 0 spiro atoms. The van der Waals surface area contributed by atoms with Crippen LogP contribution >= 0.6 is 0 Å². The van der Waals surface area contributed by atoms with Crippen molar-refractivity contribution < 1.29 is 28.9 Å². The Morgan fingerprint density at radius 1 is 0.977 bits per heavy atom. The molecule has 1 N–H and O–H groups in total. The second kappa shape index (κ2) is 13.3. The molecule has 2 aliphatic heterocycles. The van der Waals surface area contributed by atoms with E-state index in [2.05, 4.69) is 18.7 Å². The van der Waals surface area contributed by atoms with Gasteiger partial charge in [-0.1, -0.05) is 50.2 Å². The third kappa shape index (κ3) is 6.39. The molecular weight excluding hydrogens is 544 g/mol. The fourth-order valence-electron chi connectivity index (χ4n) is 5.79. The molecule has 2 aliphatic rings. The number of hydrogen-bond acceptors (Lipinski definition) is 7. The Hall–Kier alpha value is -4.30. The van der Waals surface area contributed by atoms with Crippen LogP contribution in [0.25, 0.3) is 5.76 Å². The van der Waals surface area contributed by atoms with E-state index in [-0.39, 0.29) is 17.4 Å². The first kappa shape index (κ1) is 30.2. The first-order valence-corrected chi connectivity index (χ1v) is 15.1. The summed E-state index contributed by atoms with van der Waals surface area (Å²) in [4.78, 5) is 30.9. The number of carbonyl (C=O) groups is 2. The third-order valence-electron chi connectivity index (χ3n) is 8.08. The number of aliphatic hydroxyl groups excluding tert-OH is 1. The van der Waals surface area contributed by atoms with E-state index in [0.29, 0.717) is 55.4 Å². The number of ketones is 1. The van der Waals surface area contributed by atoms with Gasteiger partial charge in [-0.15, -0.1) is 0 Å². The molecule has 8 nitrogen and oxygen atoms in total. The standard InChI is InChI=1S/C35H40N2O6/c1-5-36(6-2)17-18-37-32(25-13-16-29(30(21-25)41-7-3)42-22-24-11-9-8-10-12-24)31(34(39)35(37)40)33(38)26-14-15-28-27(20-26)19-23(4)43-28/h8-16,20-21,23,32,38H,5-7,17-19,22H2,1-4H3/t23-,32+/m1/s1. The Balaban J connectivity index is 1.55. The second-order valence-electron chi connectivity index (χ2n) is 10.9. The molecule has 5 rings (SSSR count). The number of ether oxygens (including phenoxy) is 3. The van der Waals surface area contributed by atoms with Crippen molar-refractivity contribution in [3.63, 3.8) is 0 Å². The van der Waals surface area contributed by atoms with Crippen LogP contribution < -0.4 is 14.2 Å². The molecule has 8 heteroatoms. The van der Waals surface area contributed by atoms with Crippen molar-refractivity contribution in [3.05, 3.63) is 94.6 Å². The predicted octanol–water partition coefficient (Wildman–Crippen LogP) is 5.75. The summed E-state index contributed by atoms with van der Waals surface area (Å²) in [6.45, 7) is 11.4. The average Bonchev–Trinajstić information content (AvgIpc) is 3.52. The average molecular weight is 585 g/mol. The number of likely N-dealkylation sites (N-methyl/N-ethyl adjacent to an activating group) is 1. The lowest BCUT2D eigenvalue weighted by atomic mass is 9.94. The summed E-state index contributed by atoms with van der Waals surface area (Å²) in [5.41, 5.74) is 3.19. The van der Waals surface area contributed by atoms with E-state index in [9.17, 15) is 14.7 Å². The van der Waals surface area contributed by atoms with Crippen molar-refractivity contribution >= 4 is 17.4 Å². The lowest BCUT2D eigenvalue weighted by Crippen LogP contribution is -2.38. The molecule has 226 valence electrons. The van der Waals surface area contributed by atoms with Crippen molar-refractivity contribution in [2.45, 2.75) is 52.9 Å². The van der Waals surface area contributed by atoms with Crippen molar-refractivity contribution in [3.8, 4) is 17.2 Å². The molecular formula is C35H40N2O6. The highest BCUT2D eigenvalue weighted by atomic mass is 16.5. The third-order valence-corrected chi connectivity index (χ3v) is 8.08. The molecule has 1 fully saturated rings. The highest BCUT2D eigenvalue weighted by Crippen LogP contribution is 2.43. The van der Waals surface area contributed by atoms with Crippen LogP contribution in [0.4, 0.5) is 0 Å².